The molecule has 0 saturated heterocycles. The van der Waals surface area contributed by atoms with E-state index in [2.05, 4.69) is 0 Å². The molecule has 0 aliphatic heterocycles. The van der Waals surface area contributed by atoms with Crippen LogP contribution < -0.4 is 0 Å². The van der Waals surface area contributed by atoms with Gasteiger partial charge >= 0.3 is 23.9 Å². The molecule has 1 atom stereocenters. The van der Waals surface area contributed by atoms with Crippen LogP contribution in [0.25, 0.3) is 0 Å². The summed E-state index contributed by atoms with van der Waals surface area (Å²) < 4.78 is 5.01. The third kappa shape index (κ3) is 4.78. The van der Waals surface area contributed by atoms with Crippen LogP contribution in [-0.2, 0) is 23.9 Å². The lowest BCUT2D eigenvalue weighted by molar-refractivity contribution is -0.193. The molecular formula is C14H14O9. The lowest BCUT2D eigenvalue weighted by Gasteiger charge is -2.30. The Morgan fingerprint density at radius 2 is 1.39 bits per heavy atom. The molecule has 1 aromatic rings. The first-order valence-corrected chi connectivity index (χ1v) is 6.30. The molecule has 0 heterocycles. The molecule has 0 aromatic heterocycles. The molecule has 0 fully saturated rings. The second kappa shape index (κ2) is 7.36. The second-order valence-electron chi connectivity index (χ2n) is 4.69. The highest BCUT2D eigenvalue weighted by atomic mass is 16.6. The van der Waals surface area contributed by atoms with E-state index in [0.717, 1.165) is 0 Å². The molecule has 124 valence electrons. The highest BCUT2D eigenvalue weighted by molar-refractivity contribution is 5.89. The lowest BCUT2D eigenvalue weighted by Crippen LogP contribution is -2.47. The SMILES string of the molecule is O=C(O)CC(CC(=O)O)(OC(C(=O)O)c1ccccc1)C(=O)O. The van der Waals surface area contributed by atoms with E-state index in [4.69, 9.17) is 14.9 Å². The van der Waals surface area contributed by atoms with Crippen LogP contribution in [0.15, 0.2) is 30.3 Å². The van der Waals surface area contributed by atoms with Gasteiger partial charge in [0.15, 0.2) is 11.7 Å². The summed E-state index contributed by atoms with van der Waals surface area (Å²) >= 11 is 0. The predicted octanol–water partition coefficient (Wildman–Crippen LogP) is 0.602. The Hall–Kier alpha value is -2.94. The zero-order chi connectivity index (χ0) is 17.6. The van der Waals surface area contributed by atoms with E-state index in [1.54, 1.807) is 6.07 Å². The van der Waals surface area contributed by atoms with E-state index < -0.39 is 48.4 Å². The van der Waals surface area contributed by atoms with Crippen molar-refractivity contribution in [3.8, 4) is 0 Å². The van der Waals surface area contributed by atoms with Crippen LogP contribution in [0.2, 0.25) is 0 Å². The number of benzene rings is 1. The monoisotopic (exact) mass is 326 g/mol. The summed E-state index contributed by atoms with van der Waals surface area (Å²) in [5, 5.41) is 36.2. The van der Waals surface area contributed by atoms with Gasteiger partial charge in [-0.25, -0.2) is 9.59 Å². The van der Waals surface area contributed by atoms with Gasteiger partial charge in [0.25, 0.3) is 0 Å². The normalized spacial score (nSPS) is 12.3. The molecule has 0 amide bonds. The smallest absolute Gasteiger partial charge is 0.337 e. The molecule has 23 heavy (non-hydrogen) atoms. The van der Waals surface area contributed by atoms with Gasteiger partial charge in [0, 0.05) is 0 Å². The summed E-state index contributed by atoms with van der Waals surface area (Å²) in [4.78, 5) is 44.6. The first-order valence-electron chi connectivity index (χ1n) is 6.30. The Morgan fingerprint density at radius 1 is 0.913 bits per heavy atom. The van der Waals surface area contributed by atoms with E-state index >= 15 is 0 Å². The number of carbonyl (C=O) groups is 4. The van der Waals surface area contributed by atoms with Crippen LogP contribution in [0.4, 0.5) is 0 Å². The minimum Gasteiger partial charge on any atom is -0.481 e. The topological polar surface area (TPSA) is 158 Å². The van der Waals surface area contributed by atoms with E-state index in [1.165, 1.54) is 24.3 Å². The molecule has 4 N–H and O–H groups in total. The Labute approximate surface area is 129 Å². The first kappa shape index (κ1) is 18.1. The fourth-order valence-electron chi connectivity index (χ4n) is 1.95. The van der Waals surface area contributed by atoms with E-state index in [1.807, 2.05) is 0 Å². The number of ether oxygens (including phenoxy) is 1. The third-order valence-electron chi connectivity index (χ3n) is 2.93. The average molecular weight is 326 g/mol. The van der Waals surface area contributed by atoms with Crippen molar-refractivity contribution in [2.75, 3.05) is 0 Å². The van der Waals surface area contributed by atoms with E-state index in [9.17, 15) is 29.4 Å². The van der Waals surface area contributed by atoms with Gasteiger partial charge in [-0.05, 0) is 5.56 Å². The van der Waals surface area contributed by atoms with Crippen molar-refractivity contribution < 1.29 is 44.3 Å². The molecule has 9 nitrogen and oxygen atoms in total. The highest BCUT2D eigenvalue weighted by Gasteiger charge is 2.47. The number of carboxylic acids is 4. The van der Waals surface area contributed by atoms with Crippen molar-refractivity contribution in [2.45, 2.75) is 24.5 Å². The van der Waals surface area contributed by atoms with Crippen LogP contribution in [0, 0.1) is 0 Å². The largest absolute Gasteiger partial charge is 0.481 e. The highest BCUT2D eigenvalue weighted by Crippen LogP contribution is 2.30. The van der Waals surface area contributed by atoms with Gasteiger partial charge in [0.05, 0.1) is 12.8 Å². The van der Waals surface area contributed by atoms with Gasteiger partial charge in [-0.15, -0.1) is 0 Å². The minimum atomic E-state index is -2.71. The maximum Gasteiger partial charge on any atom is 0.337 e. The molecule has 0 bridgehead atoms. The lowest BCUT2D eigenvalue weighted by atomic mass is 9.94. The van der Waals surface area contributed by atoms with Crippen LogP contribution in [0.3, 0.4) is 0 Å². The Balaban J connectivity index is 3.28. The molecule has 1 rings (SSSR count). The summed E-state index contributed by atoms with van der Waals surface area (Å²) in [7, 11) is 0. The maximum atomic E-state index is 11.4. The van der Waals surface area contributed by atoms with Gasteiger partial charge < -0.3 is 25.2 Å². The number of hydrogen-bond acceptors (Lipinski definition) is 5. The summed E-state index contributed by atoms with van der Waals surface area (Å²) in [6.45, 7) is 0. The van der Waals surface area contributed by atoms with Crippen LogP contribution in [-0.4, -0.2) is 49.9 Å². The van der Waals surface area contributed by atoms with Crippen molar-refractivity contribution >= 4 is 23.9 Å². The van der Waals surface area contributed by atoms with Crippen molar-refractivity contribution in [3.05, 3.63) is 35.9 Å². The average Bonchev–Trinajstić information content (AvgIpc) is 2.43. The molecule has 9 heteroatoms. The summed E-state index contributed by atoms with van der Waals surface area (Å²) in [6, 6.07) is 7.22. The number of rotatable bonds is 9. The molecule has 0 aliphatic rings. The zero-order valence-electron chi connectivity index (χ0n) is 11.7. The van der Waals surface area contributed by atoms with Crippen molar-refractivity contribution in [1.82, 2.24) is 0 Å². The Morgan fingerprint density at radius 3 is 1.74 bits per heavy atom. The molecule has 0 spiro atoms. The standard InChI is InChI=1S/C14H14O9/c15-9(16)6-14(13(21)22,7-10(17)18)23-11(12(19)20)8-4-2-1-3-5-8/h1-5,11H,6-7H2,(H,15,16)(H,17,18)(H,19,20)(H,21,22). The Bertz CT molecular complexity index is 592. The third-order valence-corrected chi connectivity index (χ3v) is 2.93. The van der Waals surface area contributed by atoms with Crippen LogP contribution in [0.1, 0.15) is 24.5 Å². The van der Waals surface area contributed by atoms with Gasteiger partial charge in [-0.3, -0.25) is 9.59 Å². The minimum absolute atomic E-state index is 0.0569. The molecule has 1 aromatic carbocycles. The quantitative estimate of drug-likeness (QED) is 0.509. The summed E-state index contributed by atoms with van der Waals surface area (Å²) in [6.07, 6.45) is -4.23. The first-order chi connectivity index (χ1) is 10.7. The second-order valence-corrected chi connectivity index (χ2v) is 4.69. The van der Waals surface area contributed by atoms with Crippen molar-refractivity contribution in [1.29, 1.82) is 0 Å². The zero-order valence-corrected chi connectivity index (χ0v) is 11.7. The number of carboxylic acid groups (broad SMARTS) is 4. The van der Waals surface area contributed by atoms with Crippen molar-refractivity contribution in [3.63, 3.8) is 0 Å². The van der Waals surface area contributed by atoms with Gasteiger partial charge in [0.2, 0.25) is 0 Å². The summed E-state index contributed by atoms with van der Waals surface area (Å²) in [5.74, 6) is -6.71. The predicted molar refractivity (Wildman–Crippen MR) is 72.8 cm³/mol. The van der Waals surface area contributed by atoms with Crippen LogP contribution >= 0.6 is 0 Å². The fraction of sp³-hybridized carbons (Fsp3) is 0.286. The van der Waals surface area contributed by atoms with E-state index in [0.29, 0.717) is 0 Å². The maximum absolute atomic E-state index is 11.4. The molecular weight excluding hydrogens is 312 g/mol. The number of hydrogen-bond donors (Lipinski definition) is 4. The van der Waals surface area contributed by atoms with Gasteiger partial charge in [-0.2, -0.15) is 0 Å². The van der Waals surface area contributed by atoms with Crippen LogP contribution in [0.5, 0.6) is 0 Å². The van der Waals surface area contributed by atoms with Gasteiger partial charge in [0.1, 0.15) is 0 Å². The molecule has 0 saturated carbocycles. The number of aliphatic carboxylic acids is 4. The van der Waals surface area contributed by atoms with Crippen molar-refractivity contribution in [2.24, 2.45) is 0 Å². The summed E-state index contributed by atoms with van der Waals surface area (Å²) in [5.41, 5.74) is -2.65. The Kier molecular flexibility index (Phi) is 5.80. The van der Waals surface area contributed by atoms with Gasteiger partial charge in [-0.1, -0.05) is 30.3 Å². The molecule has 0 radical (unpaired) electrons. The molecule has 1 unspecified atom stereocenters. The molecule has 0 aliphatic carbocycles. The fourth-order valence-corrected chi connectivity index (χ4v) is 1.95. The van der Waals surface area contributed by atoms with E-state index in [-0.39, 0.29) is 5.56 Å².